The number of anilines is 1. The first kappa shape index (κ1) is 17.1. The molecule has 27 heavy (non-hydrogen) atoms. The van der Waals surface area contributed by atoms with Crippen molar-refractivity contribution >= 4 is 34.3 Å². The predicted molar refractivity (Wildman–Crippen MR) is 105 cm³/mol. The highest BCUT2D eigenvalue weighted by molar-refractivity contribution is 6.31. The summed E-state index contributed by atoms with van der Waals surface area (Å²) in [5, 5.41) is 3.36. The third-order valence-corrected chi connectivity index (χ3v) is 4.31. The summed E-state index contributed by atoms with van der Waals surface area (Å²) in [4.78, 5) is 16.8. The Kier molecular flexibility index (Phi) is 4.52. The van der Waals surface area contributed by atoms with Crippen molar-refractivity contribution in [3.05, 3.63) is 77.3 Å². The largest absolute Gasteiger partial charge is 0.497 e. The van der Waals surface area contributed by atoms with Crippen molar-refractivity contribution in [1.82, 2.24) is 4.98 Å². The van der Waals surface area contributed by atoms with Crippen LogP contribution in [0.15, 0.2) is 71.1 Å². The predicted octanol–water partition coefficient (Wildman–Crippen LogP) is 5.41. The Morgan fingerprint density at radius 2 is 1.89 bits per heavy atom. The Bertz CT molecular complexity index is 1120. The van der Waals surface area contributed by atoms with Gasteiger partial charge in [0, 0.05) is 27.9 Å². The molecule has 0 saturated carbocycles. The van der Waals surface area contributed by atoms with Crippen LogP contribution in [0, 0.1) is 0 Å². The van der Waals surface area contributed by atoms with Gasteiger partial charge in [-0.1, -0.05) is 17.7 Å². The third kappa shape index (κ3) is 3.64. The molecule has 0 fully saturated rings. The molecule has 0 bridgehead atoms. The van der Waals surface area contributed by atoms with E-state index in [4.69, 9.17) is 20.8 Å². The number of hydrogen-bond donors (Lipinski definition) is 1. The molecule has 0 aliphatic heterocycles. The number of aromatic nitrogens is 1. The quantitative estimate of drug-likeness (QED) is 0.515. The zero-order valence-electron chi connectivity index (χ0n) is 14.4. The Hall–Kier alpha value is -3.31. The number of halogens is 1. The van der Waals surface area contributed by atoms with Crippen molar-refractivity contribution in [3.63, 3.8) is 0 Å². The van der Waals surface area contributed by atoms with E-state index in [0.29, 0.717) is 27.7 Å². The lowest BCUT2D eigenvalue weighted by Crippen LogP contribution is -2.11. The summed E-state index contributed by atoms with van der Waals surface area (Å²) in [7, 11) is 1.61. The minimum Gasteiger partial charge on any atom is -0.497 e. The molecule has 1 aromatic heterocycles. The Morgan fingerprint density at radius 3 is 2.63 bits per heavy atom. The highest BCUT2D eigenvalue weighted by Crippen LogP contribution is 2.27. The van der Waals surface area contributed by atoms with Gasteiger partial charge in [0.25, 0.3) is 5.91 Å². The summed E-state index contributed by atoms with van der Waals surface area (Å²) in [6, 6.07) is 19.6. The smallest absolute Gasteiger partial charge is 0.255 e. The summed E-state index contributed by atoms with van der Waals surface area (Å²) >= 11 is 5.93. The van der Waals surface area contributed by atoms with Crippen LogP contribution in [0.5, 0.6) is 5.75 Å². The summed E-state index contributed by atoms with van der Waals surface area (Å²) in [6.45, 7) is 0. The van der Waals surface area contributed by atoms with Crippen molar-refractivity contribution in [2.75, 3.05) is 12.4 Å². The third-order valence-electron chi connectivity index (χ3n) is 4.07. The van der Waals surface area contributed by atoms with Gasteiger partial charge in [0.05, 0.1) is 7.11 Å². The monoisotopic (exact) mass is 378 g/mol. The van der Waals surface area contributed by atoms with Gasteiger partial charge < -0.3 is 14.5 Å². The van der Waals surface area contributed by atoms with E-state index in [-0.39, 0.29) is 5.91 Å². The summed E-state index contributed by atoms with van der Waals surface area (Å²) in [5.74, 6) is 1.01. The number of nitrogens with one attached hydrogen (secondary N) is 1. The number of fused-ring (bicyclic) bond motifs is 1. The van der Waals surface area contributed by atoms with Gasteiger partial charge in [0.1, 0.15) is 11.3 Å². The minimum atomic E-state index is -0.223. The molecule has 0 radical (unpaired) electrons. The second kappa shape index (κ2) is 7.13. The topological polar surface area (TPSA) is 64.4 Å². The summed E-state index contributed by atoms with van der Waals surface area (Å²) in [5.41, 5.74) is 3.39. The first-order valence-corrected chi connectivity index (χ1v) is 8.62. The number of hydrogen-bond acceptors (Lipinski definition) is 4. The normalized spacial score (nSPS) is 10.7. The molecule has 0 saturated heterocycles. The van der Waals surface area contributed by atoms with E-state index in [1.54, 1.807) is 43.5 Å². The molecule has 0 aliphatic rings. The van der Waals surface area contributed by atoms with Crippen molar-refractivity contribution in [2.24, 2.45) is 0 Å². The number of amides is 1. The number of methoxy groups -OCH3 is 1. The van der Waals surface area contributed by atoms with Gasteiger partial charge in [0.15, 0.2) is 5.58 Å². The van der Waals surface area contributed by atoms with E-state index < -0.39 is 0 Å². The SMILES string of the molecule is COc1ccc2oc(-c3ccc(NC(=O)c4cccc(Cl)c4)cc3)nc2c1. The van der Waals surface area contributed by atoms with Crippen LogP contribution in [0.4, 0.5) is 5.69 Å². The molecule has 1 amide bonds. The van der Waals surface area contributed by atoms with Gasteiger partial charge in [-0.05, 0) is 54.6 Å². The molecule has 6 heteroatoms. The standard InChI is InChI=1S/C21H15ClN2O3/c1-26-17-9-10-19-18(12-17)24-21(27-19)13-5-7-16(8-6-13)23-20(25)14-3-2-4-15(22)11-14/h2-12H,1H3,(H,23,25). The van der Waals surface area contributed by atoms with E-state index in [1.165, 1.54) is 0 Å². The fourth-order valence-corrected chi connectivity index (χ4v) is 2.88. The van der Waals surface area contributed by atoms with Crippen LogP contribution in [0.3, 0.4) is 0 Å². The molecule has 1 N–H and O–H groups in total. The van der Waals surface area contributed by atoms with Crippen molar-refractivity contribution < 1.29 is 13.9 Å². The highest BCUT2D eigenvalue weighted by Gasteiger charge is 2.10. The molecule has 5 nitrogen and oxygen atoms in total. The number of carbonyl (C=O) groups excluding carboxylic acids is 1. The molecule has 0 atom stereocenters. The molecular weight excluding hydrogens is 364 g/mol. The van der Waals surface area contributed by atoms with Crippen LogP contribution >= 0.6 is 11.6 Å². The lowest BCUT2D eigenvalue weighted by atomic mass is 10.2. The maximum absolute atomic E-state index is 12.3. The Labute approximate surface area is 160 Å². The second-order valence-electron chi connectivity index (χ2n) is 5.89. The molecule has 4 aromatic rings. The zero-order valence-corrected chi connectivity index (χ0v) is 15.2. The van der Waals surface area contributed by atoms with E-state index in [2.05, 4.69) is 10.3 Å². The van der Waals surface area contributed by atoms with Crippen molar-refractivity contribution in [1.29, 1.82) is 0 Å². The van der Waals surface area contributed by atoms with Gasteiger partial charge in [-0.3, -0.25) is 4.79 Å². The fraction of sp³-hybridized carbons (Fsp3) is 0.0476. The summed E-state index contributed by atoms with van der Waals surface area (Å²) < 4.78 is 11.0. The van der Waals surface area contributed by atoms with Crippen LogP contribution in [0.25, 0.3) is 22.6 Å². The number of rotatable bonds is 4. The molecule has 1 heterocycles. The van der Waals surface area contributed by atoms with Gasteiger partial charge >= 0.3 is 0 Å². The Balaban J connectivity index is 1.54. The van der Waals surface area contributed by atoms with E-state index in [0.717, 1.165) is 16.8 Å². The highest BCUT2D eigenvalue weighted by atomic mass is 35.5. The maximum Gasteiger partial charge on any atom is 0.255 e. The molecule has 0 unspecified atom stereocenters. The zero-order chi connectivity index (χ0) is 18.8. The van der Waals surface area contributed by atoms with Crippen LogP contribution in [0.1, 0.15) is 10.4 Å². The fourth-order valence-electron chi connectivity index (χ4n) is 2.69. The van der Waals surface area contributed by atoms with Crippen molar-refractivity contribution in [3.8, 4) is 17.2 Å². The molecule has 134 valence electrons. The van der Waals surface area contributed by atoms with Crippen LogP contribution < -0.4 is 10.1 Å². The Morgan fingerprint density at radius 1 is 1.07 bits per heavy atom. The molecule has 0 spiro atoms. The molecule has 3 aromatic carbocycles. The van der Waals surface area contributed by atoms with Gasteiger partial charge in [-0.15, -0.1) is 0 Å². The van der Waals surface area contributed by atoms with Crippen LogP contribution in [0.2, 0.25) is 5.02 Å². The van der Waals surface area contributed by atoms with Crippen molar-refractivity contribution in [2.45, 2.75) is 0 Å². The number of benzene rings is 3. The van der Waals surface area contributed by atoms with Gasteiger partial charge in [0.2, 0.25) is 5.89 Å². The van der Waals surface area contributed by atoms with Gasteiger partial charge in [-0.25, -0.2) is 4.98 Å². The summed E-state index contributed by atoms with van der Waals surface area (Å²) in [6.07, 6.45) is 0. The lowest BCUT2D eigenvalue weighted by molar-refractivity contribution is 0.102. The molecule has 0 aliphatic carbocycles. The minimum absolute atomic E-state index is 0.223. The lowest BCUT2D eigenvalue weighted by Gasteiger charge is -2.06. The number of carbonyl (C=O) groups is 1. The average molecular weight is 379 g/mol. The maximum atomic E-state index is 12.3. The first-order valence-electron chi connectivity index (χ1n) is 8.24. The van der Waals surface area contributed by atoms with E-state index in [1.807, 2.05) is 30.3 Å². The number of nitrogens with zero attached hydrogens (tertiary/aromatic N) is 1. The van der Waals surface area contributed by atoms with E-state index >= 15 is 0 Å². The molecular formula is C21H15ClN2O3. The first-order chi connectivity index (χ1) is 13.1. The molecule has 4 rings (SSSR count). The number of oxazole rings is 1. The van der Waals surface area contributed by atoms with Crippen LogP contribution in [-0.4, -0.2) is 18.0 Å². The second-order valence-corrected chi connectivity index (χ2v) is 6.33. The number of ether oxygens (including phenoxy) is 1. The average Bonchev–Trinajstić information content (AvgIpc) is 3.11. The van der Waals surface area contributed by atoms with Gasteiger partial charge in [-0.2, -0.15) is 0 Å². The van der Waals surface area contributed by atoms with Crippen LogP contribution in [-0.2, 0) is 0 Å². The van der Waals surface area contributed by atoms with E-state index in [9.17, 15) is 4.79 Å².